The average Bonchev–Trinajstić information content (AvgIpc) is 3.31. The lowest BCUT2D eigenvalue weighted by Crippen LogP contribution is -2.42. The normalized spacial score (nSPS) is 24.7. The van der Waals surface area contributed by atoms with E-state index in [0.717, 1.165) is 36.0 Å². The van der Waals surface area contributed by atoms with E-state index in [4.69, 9.17) is 4.74 Å². The van der Waals surface area contributed by atoms with Crippen LogP contribution in [-0.4, -0.2) is 29.0 Å². The molecule has 0 spiro atoms. The van der Waals surface area contributed by atoms with Crippen LogP contribution in [-0.2, 0) is 6.18 Å². The molecule has 2 bridgehead atoms. The third kappa shape index (κ3) is 3.54. The number of aromatic nitrogens is 1. The summed E-state index contributed by atoms with van der Waals surface area (Å²) in [5.41, 5.74) is -0.497. The van der Waals surface area contributed by atoms with Crippen LogP contribution in [0.2, 0.25) is 0 Å². The number of fused-ring (bicyclic) bond motifs is 2. The second-order valence-corrected chi connectivity index (χ2v) is 7.31. The molecule has 1 aromatic carbocycles. The molecule has 1 amide bonds. The molecule has 3 heterocycles. The molecule has 3 unspecified atom stereocenters. The molecule has 0 aliphatic carbocycles. The van der Waals surface area contributed by atoms with E-state index >= 15 is 0 Å². The van der Waals surface area contributed by atoms with Crippen molar-refractivity contribution in [2.45, 2.75) is 43.6 Å². The van der Waals surface area contributed by atoms with E-state index in [1.54, 1.807) is 24.3 Å². The summed E-state index contributed by atoms with van der Waals surface area (Å²) in [5.74, 6) is 0.163. The topological polar surface area (TPSA) is 63.2 Å². The predicted octanol–water partition coefficient (Wildman–Crippen LogP) is 3.58. The van der Waals surface area contributed by atoms with Gasteiger partial charge in [-0.05, 0) is 43.5 Å². The highest BCUT2D eigenvalue weighted by molar-refractivity contribution is 7.11. The summed E-state index contributed by atoms with van der Waals surface area (Å²) in [7, 11) is 0. The fraction of sp³-hybridized carbons (Fsp3) is 0.412. The molecule has 2 aliphatic rings. The molecule has 2 fully saturated rings. The Labute approximate surface area is 151 Å². The van der Waals surface area contributed by atoms with Gasteiger partial charge in [0.1, 0.15) is 5.75 Å². The summed E-state index contributed by atoms with van der Waals surface area (Å²) in [6, 6.07) is 7.26. The van der Waals surface area contributed by atoms with Crippen molar-refractivity contribution in [2.24, 2.45) is 0 Å². The van der Waals surface area contributed by atoms with Gasteiger partial charge < -0.3 is 15.4 Å². The molecule has 3 atom stereocenters. The third-order valence-corrected chi connectivity index (χ3v) is 5.43. The minimum Gasteiger partial charge on any atom is -0.431 e. The molecule has 2 aromatic rings. The third-order valence-electron chi connectivity index (χ3n) is 4.71. The Kier molecular flexibility index (Phi) is 4.36. The van der Waals surface area contributed by atoms with Gasteiger partial charge in [-0.3, -0.25) is 4.79 Å². The zero-order chi connectivity index (χ0) is 18.3. The minimum atomic E-state index is -4.49. The van der Waals surface area contributed by atoms with E-state index in [2.05, 4.69) is 15.6 Å². The van der Waals surface area contributed by atoms with Crippen molar-refractivity contribution >= 4 is 17.2 Å². The van der Waals surface area contributed by atoms with Crippen LogP contribution >= 0.6 is 11.3 Å². The van der Waals surface area contributed by atoms with Gasteiger partial charge >= 0.3 is 6.18 Å². The smallest absolute Gasteiger partial charge is 0.431 e. The van der Waals surface area contributed by atoms with Crippen molar-refractivity contribution in [3.05, 3.63) is 40.9 Å². The number of halogens is 3. The second kappa shape index (κ2) is 6.55. The molecular formula is C17H16F3N3O2S. The van der Waals surface area contributed by atoms with Gasteiger partial charge in [-0.15, -0.1) is 0 Å². The number of nitrogens with zero attached hydrogens (tertiary/aromatic N) is 1. The molecule has 5 nitrogen and oxygen atoms in total. The molecule has 0 saturated carbocycles. The second-order valence-electron chi connectivity index (χ2n) is 6.49. The summed E-state index contributed by atoms with van der Waals surface area (Å²) >= 11 is 0.770. The van der Waals surface area contributed by atoms with Gasteiger partial charge in [0, 0.05) is 29.1 Å². The monoisotopic (exact) mass is 383 g/mol. The quantitative estimate of drug-likeness (QED) is 0.847. The SMILES string of the molecule is O=C(NC1CC2CCC1N2)c1ccc(Oc2nc(C(F)(F)F)cs2)cc1. The first-order chi connectivity index (χ1) is 12.4. The maximum Gasteiger partial charge on any atom is 0.434 e. The van der Waals surface area contributed by atoms with Crippen molar-refractivity contribution in [3.63, 3.8) is 0 Å². The maximum atomic E-state index is 12.5. The number of amides is 1. The van der Waals surface area contributed by atoms with Gasteiger partial charge in [0.2, 0.25) is 0 Å². The molecule has 2 aliphatic heterocycles. The zero-order valence-corrected chi connectivity index (χ0v) is 14.4. The number of carbonyl (C=O) groups is 1. The Morgan fingerprint density at radius 1 is 1.27 bits per heavy atom. The fourth-order valence-corrected chi connectivity index (χ4v) is 4.14. The lowest BCUT2D eigenvalue weighted by atomic mass is 9.95. The van der Waals surface area contributed by atoms with E-state index in [-0.39, 0.29) is 17.1 Å². The van der Waals surface area contributed by atoms with Crippen molar-refractivity contribution in [3.8, 4) is 10.9 Å². The minimum absolute atomic E-state index is 0.0948. The molecule has 0 radical (unpaired) electrons. The van der Waals surface area contributed by atoms with E-state index in [1.807, 2.05) is 0 Å². The standard InChI is InChI=1S/C17H16F3N3O2S/c18-17(19,20)14-8-26-16(23-14)25-11-4-1-9(2-5-11)15(24)22-13-7-10-3-6-12(13)21-10/h1-2,4-5,8,10,12-13,21H,3,6-7H2,(H,22,24). The molecule has 9 heteroatoms. The van der Waals surface area contributed by atoms with Gasteiger partial charge in [0.05, 0.1) is 0 Å². The van der Waals surface area contributed by atoms with E-state index < -0.39 is 11.9 Å². The number of rotatable bonds is 4. The largest absolute Gasteiger partial charge is 0.434 e. The van der Waals surface area contributed by atoms with Crippen LogP contribution in [0.4, 0.5) is 13.2 Å². The molecule has 138 valence electrons. The van der Waals surface area contributed by atoms with Crippen LogP contribution in [0.3, 0.4) is 0 Å². The molecule has 1 aromatic heterocycles. The lowest BCUT2D eigenvalue weighted by molar-refractivity contribution is -0.140. The van der Waals surface area contributed by atoms with Gasteiger partial charge in [0.25, 0.3) is 11.1 Å². The predicted molar refractivity (Wildman–Crippen MR) is 89.4 cm³/mol. The summed E-state index contributed by atoms with van der Waals surface area (Å²) in [4.78, 5) is 15.8. The Bertz CT molecular complexity index is 806. The summed E-state index contributed by atoms with van der Waals surface area (Å²) in [6.07, 6.45) is -1.30. The molecule has 2 N–H and O–H groups in total. The van der Waals surface area contributed by atoms with Crippen molar-refractivity contribution in [2.75, 3.05) is 0 Å². The number of hydrogen-bond donors (Lipinski definition) is 2. The number of nitrogens with one attached hydrogen (secondary N) is 2. The number of thiazole rings is 1. The van der Waals surface area contributed by atoms with Crippen LogP contribution in [0.1, 0.15) is 35.3 Å². The molecule has 26 heavy (non-hydrogen) atoms. The Balaban J connectivity index is 1.37. The van der Waals surface area contributed by atoms with Crippen LogP contribution < -0.4 is 15.4 Å². The highest BCUT2D eigenvalue weighted by atomic mass is 32.1. The fourth-order valence-electron chi connectivity index (χ4n) is 3.44. The molecule has 4 rings (SSSR count). The van der Waals surface area contributed by atoms with E-state index in [1.165, 1.54) is 0 Å². The highest BCUT2D eigenvalue weighted by Gasteiger charge is 2.39. The summed E-state index contributed by atoms with van der Waals surface area (Å²) in [6.45, 7) is 0. The zero-order valence-electron chi connectivity index (χ0n) is 13.5. The number of alkyl halides is 3. The first-order valence-electron chi connectivity index (χ1n) is 8.26. The van der Waals surface area contributed by atoms with E-state index in [9.17, 15) is 18.0 Å². The van der Waals surface area contributed by atoms with Gasteiger partial charge in [-0.2, -0.15) is 18.2 Å². The van der Waals surface area contributed by atoms with Gasteiger partial charge in [-0.1, -0.05) is 11.3 Å². The van der Waals surface area contributed by atoms with Crippen LogP contribution in [0, 0.1) is 0 Å². The van der Waals surface area contributed by atoms with Crippen LogP contribution in [0.5, 0.6) is 10.9 Å². The summed E-state index contributed by atoms with van der Waals surface area (Å²) in [5, 5.41) is 7.31. The van der Waals surface area contributed by atoms with Crippen molar-refractivity contribution < 1.29 is 22.7 Å². The number of carbonyl (C=O) groups excluding carboxylic acids is 1. The first kappa shape index (κ1) is 17.3. The van der Waals surface area contributed by atoms with Gasteiger partial charge in [-0.25, -0.2) is 0 Å². The summed E-state index contributed by atoms with van der Waals surface area (Å²) < 4.78 is 43.0. The Morgan fingerprint density at radius 3 is 2.62 bits per heavy atom. The van der Waals surface area contributed by atoms with Gasteiger partial charge in [0.15, 0.2) is 5.69 Å². The average molecular weight is 383 g/mol. The van der Waals surface area contributed by atoms with Crippen LogP contribution in [0.25, 0.3) is 0 Å². The van der Waals surface area contributed by atoms with Crippen molar-refractivity contribution in [1.29, 1.82) is 0 Å². The Hall–Kier alpha value is -2.13. The first-order valence-corrected chi connectivity index (χ1v) is 9.14. The van der Waals surface area contributed by atoms with Crippen molar-refractivity contribution in [1.82, 2.24) is 15.6 Å². The molecular weight excluding hydrogens is 367 g/mol. The number of hydrogen-bond acceptors (Lipinski definition) is 5. The number of ether oxygens (including phenoxy) is 1. The maximum absolute atomic E-state index is 12.5. The number of benzene rings is 1. The highest BCUT2D eigenvalue weighted by Crippen LogP contribution is 2.34. The van der Waals surface area contributed by atoms with E-state index in [0.29, 0.717) is 23.4 Å². The van der Waals surface area contributed by atoms with Crippen LogP contribution in [0.15, 0.2) is 29.6 Å². The Morgan fingerprint density at radius 2 is 2.04 bits per heavy atom. The lowest BCUT2D eigenvalue weighted by Gasteiger charge is -2.21. The molecule has 2 saturated heterocycles.